The molecule has 0 saturated heterocycles. The minimum Gasteiger partial charge on any atom is -0.506 e. The molecule has 17 heavy (non-hydrogen) atoms. The molecule has 4 nitrogen and oxygen atoms in total. The molecule has 0 spiro atoms. The van der Waals surface area contributed by atoms with E-state index < -0.39 is 0 Å². The van der Waals surface area contributed by atoms with Crippen LogP contribution in [0.2, 0.25) is 0 Å². The van der Waals surface area contributed by atoms with Crippen LogP contribution in [0.5, 0.6) is 5.75 Å². The van der Waals surface area contributed by atoms with Crippen LogP contribution in [0.1, 0.15) is 5.56 Å². The van der Waals surface area contributed by atoms with Crippen molar-refractivity contribution in [3.05, 3.63) is 48.0 Å². The van der Waals surface area contributed by atoms with Gasteiger partial charge >= 0.3 is 0 Å². The van der Waals surface area contributed by atoms with E-state index in [4.69, 9.17) is 10.8 Å². The maximum atomic E-state index is 8.92. The molecule has 3 rings (SSSR count). The minimum absolute atomic E-state index is 0.153. The topological polar surface area (TPSA) is 77.8 Å². The van der Waals surface area contributed by atoms with E-state index in [0.29, 0.717) is 5.69 Å². The van der Waals surface area contributed by atoms with Crippen molar-refractivity contribution < 1.29 is 5.11 Å². The predicted octanol–water partition coefficient (Wildman–Crippen LogP) is 2.78. The van der Waals surface area contributed by atoms with Crippen molar-refractivity contribution in [3.63, 3.8) is 0 Å². The molecule has 4 heteroatoms. The van der Waals surface area contributed by atoms with Crippen molar-refractivity contribution in [2.45, 2.75) is 6.92 Å². The summed E-state index contributed by atoms with van der Waals surface area (Å²) >= 11 is 0. The van der Waals surface area contributed by atoms with E-state index in [1.165, 1.54) is 11.0 Å². The number of aromatic hydroxyl groups is 1. The summed E-state index contributed by atoms with van der Waals surface area (Å²) in [5.74, 6) is 0.153. The van der Waals surface area contributed by atoms with Crippen molar-refractivity contribution in [1.82, 2.24) is 10.2 Å². The molecule has 0 saturated carbocycles. The smallest absolute Gasteiger partial charge is 0.138 e. The minimum atomic E-state index is 0.153. The van der Waals surface area contributed by atoms with E-state index >= 15 is 0 Å². The molecule has 0 radical (unpaired) electrons. The Hall–Kier alpha value is -2.36. The number of fused-ring (bicyclic) bond motifs is 1. The lowest BCUT2D eigenvalue weighted by Gasteiger charge is -1.99. The van der Waals surface area contributed by atoms with E-state index in [1.807, 2.05) is 37.3 Å². The third-order valence-electron chi connectivity index (χ3n) is 2.44. The lowest BCUT2D eigenvalue weighted by molar-refractivity contribution is 0.478. The molecule has 0 fully saturated rings. The van der Waals surface area contributed by atoms with Gasteiger partial charge in [-0.15, -0.1) is 0 Å². The Kier molecular flexibility index (Phi) is 3.05. The monoisotopic (exact) mass is 229 g/mol. The number of rotatable bonds is 0. The Morgan fingerprint density at radius 3 is 1.94 bits per heavy atom. The van der Waals surface area contributed by atoms with Gasteiger partial charge in [0, 0.05) is 0 Å². The van der Waals surface area contributed by atoms with Gasteiger partial charge in [0.1, 0.15) is 5.75 Å². The van der Waals surface area contributed by atoms with Crippen LogP contribution in [-0.2, 0) is 0 Å². The second kappa shape index (κ2) is 4.65. The number of phenols is 1. The number of H-pyrrole nitrogens is 2. The van der Waals surface area contributed by atoms with Crippen LogP contribution < -0.4 is 5.73 Å². The summed E-state index contributed by atoms with van der Waals surface area (Å²) < 4.78 is 0. The Morgan fingerprint density at radius 1 is 1.00 bits per heavy atom. The summed E-state index contributed by atoms with van der Waals surface area (Å²) in [6, 6.07) is 13.2. The molecule has 0 aliphatic carbocycles. The number of nitrogens with one attached hydrogen (secondary N) is 2. The van der Waals surface area contributed by atoms with Crippen LogP contribution >= 0.6 is 0 Å². The largest absolute Gasteiger partial charge is 0.506 e. The fourth-order valence-corrected chi connectivity index (χ4v) is 1.45. The fraction of sp³-hybridized carbons (Fsp3) is 0.0769. The number of hydrogen-bond donors (Lipinski definition) is 4. The van der Waals surface area contributed by atoms with Gasteiger partial charge in [-0.05, 0) is 36.8 Å². The van der Waals surface area contributed by atoms with Gasteiger partial charge in [0.2, 0.25) is 0 Å². The number of aromatic amines is 2. The highest BCUT2D eigenvalue weighted by molar-refractivity contribution is 5.75. The first-order valence-corrected chi connectivity index (χ1v) is 5.33. The second-order valence-corrected chi connectivity index (χ2v) is 3.86. The first-order valence-electron chi connectivity index (χ1n) is 5.33. The van der Waals surface area contributed by atoms with E-state index in [9.17, 15) is 0 Å². The molecule has 0 bridgehead atoms. The Bertz CT molecular complexity index is 580. The summed E-state index contributed by atoms with van der Waals surface area (Å²) in [5.41, 5.74) is 9.25. The van der Waals surface area contributed by atoms with Crippen LogP contribution in [-0.4, -0.2) is 15.3 Å². The zero-order valence-corrected chi connectivity index (χ0v) is 9.57. The Balaban J connectivity index is 0.000000127. The van der Waals surface area contributed by atoms with Crippen LogP contribution in [0.3, 0.4) is 0 Å². The standard InChI is InChI=1S/C7H9NO.C6H6N2/c1-5-2-3-7(9)6(8)4-5;1-2-4-6-5(3-1)7-8-6/h2-4,9H,8H2,1H3;1-4,7-8H. The molecule has 88 valence electrons. The molecule has 0 aliphatic heterocycles. The highest BCUT2D eigenvalue weighted by Crippen LogP contribution is 2.19. The molecule has 3 aromatic rings. The number of phenolic OH excluding ortho intramolecular Hbond substituents is 1. The van der Waals surface area contributed by atoms with Gasteiger partial charge in [0.05, 0.1) is 16.7 Å². The number of benzene rings is 2. The first kappa shape index (κ1) is 11.1. The number of para-hydroxylation sites is 2. The quantitative estimate of drug-likeness (QED) is 0.353. The highest BCUT2D eigenvalue weighted by atomic mass is 16.3. The van der Waals surface area contributed by atoms with Crippen molar-refractivity contribution in [2.24, 2.45) is 0 Å². The summed E-state index contributed by atoms with van der Waals surface area (Å²) in [4.78, 5) is 0. The molecule has 1 aromatic heterocycles. The number of hydrogen-bond acceptors (Lipinski definition) is 2. The van der Waals surface area contributed by atoms with Crippen LogP contribution in [0.15, 0.2) is 42.5 Å². The first-order chi connectivity index (χ1) is 8.16. The average molecular weight is 229 g/mol. The third kappa shape index (κ3) is 2.60. The third-order valence-corrected chi connectivity index (χ3v) is 2.44. The maximum absolute atomic E-state index is 8.92. The van der Waals surface area contributed by atoms with E-state index in [-0.39, 0.29) is 5.75 Å². The van der Waals surface area contributed by atoms with Crippen molar-refractivity contribution in [1.29, 1.82) is 0 Å². The molecule has 0 aliphatic rings. The zero-order chi connectivity index (χ0) is 12.3. The number of nitrogen functional groups attached to an aromatic ring is 1. The molecule has 1 heterocycles. The normalized spacial score (nSPS) is 9.94. The van der Waals surface area contributed by atoms with Crippen molar-refractivity contribution in [3.8, 4) is 5.75 Å². The van der Waals surface area contributed by atoms with Gasteiger partial charge in [-0.2, -0.15) is 0 Å². The van der Waals surface area contributed by atoms with Gasteiger partial charge < -0.3 is 10.8 Å². The molecular weight excluding hydrogens is 214 g/mol. The Labute approximate surface area is 99.1 Å². The summed E-state index contributed by atoms with van der Waals surface area (Å²) in [6.07, 6.45) is 0. The predicted molar refractivity (Wildman–Crippen MR) is 69.9 cm³/mol. The van der Waals surface area contributed by atoms with Crippen LogP contribution in [0, 0.1) is 6.92 Å². The van der Waals surface area contributed by atoms with Crippen molar-refractivity contribution >= 4 is 16.7 Å². The van der Waals surface area contributed by atoms with Gasteiger partial charge in [-0.25, -0.2) is 0 Å². The molecule has 5 N–H and O–H groups in total. The second-order valence-electron chi connectivity index (χ2n) is 3.86. The summed E-state index contributed by atoms with van der Waals surface area (Å²) in [6.45, 7) is 1.93. The van der Waals surface area contributed by atoms with Gasteiger partial charge in [0.15, 0.2) is 0 Å². The number of nitrogens with two attached hydrogens (primary N) is 1. The van der Waals surface area contributed by atoms with E-state index in [1.54, 1.807) is 12.1 Å². The lowest BCUT2D eigenvalue weighted by atomic mass is 10.2. The molecule has 0 atom stereocenters. The van der Waals surface area contributed by atoms with Crippen LogP contribution in [0.4, 0.5) is 5.69 Å². The summed E-state index contributed by atoms with van der Waals surface area (Å²) in [7, 11) is 0. The lowest BCUT2D eigenvalue weighted by Crippen LogP contribution is -1.87. The van der Waals surface area contributed by atoms with Gasteiger partial charge in [0.25, 0.3) is 0 Å². The average Bonchev–Trinajstić information content (AvgIpc) is 2.27. The van der Waals surface area contributed by atoms with Crippen molar-refractivity contribution in [2.75, 3.05) is 5.73 Å². The van der Waals surface area contributed by atoms with Gasteiger partial charge in [-0.1, -0.05) is 18.2 Å². The number of aryl methyl sites for hydroxylation is 1. The fourth-order valence-electron chi connectivity index (χ4n) is 1.45. The number of aromatic nitrogens is 2. The Morgan fingerprint density at radius 2 is 1.59 bits per heavy atom. The molecular formula is C13H15N3O. The molecule has 0 unspecified atom stereocenters. The van der Waals surface area contributed by atoms with Gasteiger partial charge in [-0.3, -0.25) is 10.2 Å². The SMILES string of the molecule is Cc1ccc(O)c(N)c1.c1ccc2[nH][nH]c2c1. The molecule has 0 amide bonds. The van der Waals surface area contributed by atoms with E-state index in [2.05, 4.69) is 10.2 Å². The molecule has 2 aromatic carbocycles. The van der Waals surface area contributed by atoms with Crippen LogP contribution in [0.25, 0.3) is 11.0 Å². The number of anilines is 1. The summed E-state index contributed by atoms with van der Waals surface area (Å²) in [5, 5.41) is 14.8. The van der Waals surface area contributed by atoms with E-state index in [0.717, 1.165) is 5.56 Å². The maximum Gasteiger partial charge on any atom is 0.138 e. The highest BCUT2D eigenvalue weighted by Gasteiger charge is 1.92. The zero-order valence-electron chi connectivity index (χ0n) is 9.57.